The summed E-state index contributed by atoms with van der Waals surface area (Å²) in [5, 5.41) is 8.79. The second kappa shape index (κ2) is 33.2. The summed E-state index contributed by atoms with van der Waals surface area (Å²) < 4.78 is 5.96. The third-order valence-corrected chi connectivity index (χ3v) is 8.24. The predicted octanol–water partition coefficient (Wildman–Crippen LogP) is 12.3. The zero-order valence-corrected chi connectivity index (χ0v) is 27.6. The molecule has 0 aromatic rings. The molecule has 0 amide bonds. The van der Waals surface area contributed by atoms with Crippen LogP contribution in [0.1, 0.15) is 206 Å². The van der Waals surface area contributed by atoms with Gasteiger partial charge in [-0.3, -0.25) is 9.59 Å². The Morgan fingerprint density at radius 2 is 0.902 bits per heavy atom. The van der Waals surface area contributed by atoms with E-state index in [0.717, 1.165) is 70.6 Å². The van der Waals surface area contributed by atoms with Gasteiger partial charge in [0.05, 0.1) is 0 Å². The monoisotopic (exact) mass is 579 g/mol. The van der Waals surface area contributed by atoms with Crippen molar-refractivity contribution >= 4 is 11.9 Å². The fourth-order valence-corrected chi connectivity index (χ4v) is 5.54. The molecule has 0 fully saturated rings. The average molecular weight is 579 g/mol. The zero-order valence-electron chi connectivity index (χ0n) is 27.6. The summed E-state index contributed by atoms with van der Waals surface area (Å²) in [6.45, 7) is 4.53. The van der Waals surface area contributed by atoms with E-state index in [1.54, 1.807) is 0 Å². The van der Waals surface area contributed by atoms with Crippen molar-refractivity contribution in [3.8, 4) is 0 Å². The normalized spacial score (nSPS) is 12.2. The van der Waals surface area contributed by atoms with Gasteiger partial charge in [-0.1, -0.05) is 148 Å². The van der Waals surface area contributed by atoms with E-state index in [2.05, 4.69) is 26.0 Å². The largest absolute Gasteiger partial charge is 0.481 e. The van der Waals surface area contributed by atoms with Crippen LogP contribution in [0.15, 0.2) is 12.2 Å². The van der Waals surface area contributed by atoms with E-state index in [9.17, 15) is 9.59 Å². The number of rotatable bonds is 33. The van der Waals surface area contributed by atoms with E-state index in [4.69, 9.17) is 9.84 Å². The lowest BCUT2D eigenvalue weighted by Crippen LogP contribution is -2.18. The molecule has 0 bridgehead atoms. The molecule has 1 atom stereocenters. The first kappa shape index (κ1) is 39.7. The van der Waals surface area contributed by atoms with Crippen molar-refractivity contribution in [3.05, 3.63) is 12.2 Å². The number of carbonyl (C=O) groups excluding carboxylic acids is 1. The lowest BCUT2D eigenvalue weighted by atomic mass is 10.0. The highest BCUT2D eigenvalue weighted by molar-refractivity contribution is 5.69. The number of allylic oxidation sites excluding steroid dienone is 2. The van der Waals surface area contributed by atoms with Crippen LogP contribution in [-0.4, -0.2) is 23.1 Å². The van der Waals surface area contributed by atoms with Gasteiger partial charge in [-0.25, -0.2) is 0 Å². The Kier molecular flexibility index (Phi) is 32.1. The smallest absolute Gasteiger partial charge is 0.306 e. The maximum absolute atomic E-state index is 12.6. The lowest BCUT2D eigenvalue weighted by Gasteiger charge is -2.18. The minimum Gasteiger partial charge on any atom is -0.481 e. The van der Waals surface area contributed by atoms with Crippen molar-refractivity contribution in [2.45, 2.75) is 213 Å². The molecule has 0 aliphatic rings. The molecule has 0 radical (unpaired) electrons. The molecule has 1 N–H and O–H groups in total. The number of carboxylic acids is 1. The number of carboxylic acid groups (broad SMARTS) is 1. The molecule has 4 nitrogen and oxygen atoms in total. The molecular weight excluding hydrogens is 508 g/mol. The van der Waals surface area contributed by atoms with Gasteiger partial charge >= 0.3 is 11.9 Å². The van der Waals surface area contributed by atoms with Gasteiger partial charge in [-0.2, -0.15) is 0 Å². The van der Waals surface area contributed by atoms with E-state index in [1.165, 1.54) is 109 Å². The molecule has 0 rings (SSSR count). The molecular formula is C37H70O4. The van der Waals surface area contributed by atoms with Gasteiger partial charge in [0.2, 0.25) is 0 Å². The Hall–Kier alpha value is -1.32. The van der Waals surface area contributed by atoms with Crippen LogP contribution in [0.4, 0.5) is 0 Å². The van der Waals surface area contributed by atoms with Crippen LogP contribution in [-0.2, 0) is 14.3 Å². The standard InChI is InChI=1S/C37H70O4/c1-3-5-7-9-11-13-15-16-17-18-20-23-27-31-35(32-28-24-22-25-29-33-36(38)39)41-37(40)34-30-26-21-19-14-12-10-8-6-4-2/h18,20,35H,3-17,19,21-34H2,1-2H3,(H,38,39)/b20-18-. The van der Waals surface area contributed by atoms with Gasteiger partial charge in [0.1, 0.15) is 6.10 Å². The van der Waals surface area contributed by atoms with Crippen molar-refractivity contribution in [1.29, 1.82) is 0 Å². The van der Waals surface area contributed by atoms with E-state index < -0.39 is 5.97 Å². The van der Waals surface area contributed by atoms with Crippen molar-refractivity contribution in [3.63, 3.8) is 0 Å². The van der Waals surface area contributed by atoms with Crippen molar-refractivity contribution in [2.24, 2.45) is 0 Å². The molecule has 41 heavy (non-hydrogen) atoms. The summed E-state index contributed by atoms with van der Waals surface area (Å²) >= 11 is 0. The topological polar surface area (TPSA) is 63.6 Å². The molecule has 1 unspecified atom stereocenters. The van der Waals surface area contributed by atoms with Crippen molar-refractivity contribution < 1.29 is 19.4 Å². The van der Waals surface area contributed by atoms with Crippen molar-refractivity contribution in [1.82, 2.24) is 0 Å². The highest BCUT2D eigenvalue weighted by atomic mass is 16.5. The Morgan fingerprint density at radius 1 is 0.512 bits per heavy atom. The molecule has 0 aliphatic carbocycles. The van der Waals surface area contributed by atoms with Crippen LogP contribution in [0.5, 0.6) is 0 Å². The van der Waals surface area contributed by atoms with Crippen LogP contribution in [0.2, 0.25) is 0 Å². The first-order chi connectivity index (χ1) is 20.1. The first-order valence-electron chi connectivity index (χ1n) is 18.2. The molecule has 0 saturated heterocycles. The molecule has 0 aromatic heterocycles. The Bertz CT molecular complexity index is 585. The number of hydrogen-bond acceptors (Lipinski definition) is 3. The minimum atomic E-state index is -0.703. The number of unbranched alkanes of at least 4 members (excludes halogenated alkanes) is 22. The maximum atomic E-state index is 12.6. The number of aliphatic carboxylic acids is 1. The second-order valence-electron chi connectivity index (χ2n) is 12.4. The van der Waals surface area contributed by atoms with Crippen molar-refractivity contribution in [2.75, 3.05) is 0 Å². The van der Waals surface area contributed by atoms with Crippen LogP contribution < -0.4 is 0 Å². The Labute approximate surface area is 255 Å². The molecule has 0 aromatic carbocycles. The summed E-state index contributed by atoms with van der Waals surface area (Å²) in [6.07, 6.45) is 39.4. The summed E-state index contributed by atoms with van der Waals surface area (Å²) in [5.74, 6) is -0.715. The zero-order chi connectivity index (χ0) is 30.1. The fraction of sp³-hybridized carbons (Fsp3) is 0.892. The highest BCUT2D eigenvalue weighted by Crippen LogP contribution is 2.18. The van der Waals surface area contributed by atoms with Gasteiger partial charge in [0.25, 0.3) is 0 Å². The number of carbonyl (C=O) groups is 2. The Balaban J connectivity index is 4.10. The molecule has 242 valence electrons. The van der Waals surface area contributed by atoms with E-state index in [0.29, 0.717) is 6.42 Å². The number of ether oxygens (including phenoxy) is 1. The summed E-state index contributed by atoms with van der Waals surface area (Å²) in [7, 11) is 0. The van der Waals surface area contributed by atoms with E-state index in [1.807, 2.05) is 0 Å². The van der Waals surface area contributed by atoms with E-state index >= 15 is 0 Å². The fourth-order valence-electron chi connectivity index (χ4n) is 5.54. The third-order valence-electron chi connectivity index (χ3n) is 8.24. The van der Waals surface area contributed by atoms with Gasteiger partial charge in [-0.05, 0) is 57.8 Å². The Morgan fingerprint density at radius 3 is 1.41 bits per heavy atom. The van der Waals surface area contributed by atoms with Gasteiger partial charge in [0.15, 0.2) is 0 Å². The van der Waals surface area contributed by atoms with Gasteiger partial charge < -0.3 is 9.84 Å². The van der Waals surface area contributed by atoms with Crippen LogP contribution in [0.3, 0.4) is 0 Å². The van der Waals surface area contributed by atoms with Crippen LogP contribution in [0.25, 0.3) is 0 Å². The molecule has 0 aliphatic heterocycles. The average Bonchev–Trinajstić information content (AvgIpc) is 2.95. The van der Waals surface area contributed by atoms with Crippen LogP contribution >= 0.6 is 0 Å². The third kappa shape index (κ3) is 33.1. The summed E-state index contributed by atoms with van der Waals surface area (Å²) in [5.41, 5.74) is 0. The second-order valence-corrected chi connectivity index (χ2v) is 12.4. The predicted molar refractivity (Wildman–Crippen MR) is 177 cm³/mol. The SMILES string of the molecule is CCCCCCCCCC/C=C\CCCC(CCCCCCCC(=O)O)OC(=O)CCCCCCCCCCCC. The van der Waals surface area contributed by atoms with Crippen LogP contribution in [0, 0.1) is 0 Å². The summed E-state index contributed by atoms with van der Waals surface area (Å²) in [4.78, 5) is 23.2. The number of esters is 1. The number of hydrogen-bond donors (Lipinski definition) is 1. The van der Waals surface area contributed by atoms with E-state index in [-0.39, 0.29) is 18.5 Å². The lowest BCUT2D eigenvalue weighted by molar-refractivity contribution is -0.150. The van der Waals surface area contributed by atoms with Gasteiger partial charge in [-0.15, -0.1) is 0 Å². The maximum Gasteiger partial charge on any atom is 0.306 e. The highest BCUT2D eigenvalue weighted by Gasteiger charge is 2.14. The molecule has 0 saturated carbocycles. The molecule has 0 spiro atoms. The minimum absolute atomic E-state index is 0.0127. The molecule has 0 heterocycles. The first-order valence-corrected chi connectivity index (χ1v) is 18.2. The quantitative estimate of drug-likeness (QED) is 0.0478. The summed E-state index contributed by atoms with van der Waals surface area (Å²) in [6, 6.07) is 0. The molecule has 4 heteroatoms. The van der Waals surface area contributed by atoms with Gasteiger partial charge in [0, 0.05) is 12.8 Å².